The highest BCUT2D eigenvalue weighted by molar-refractivity contribution is 9.10. The van der Waals surface area contributed by atoms with Gasteiger partial charge >= 0.3 is 0 Å². The summed E-state index contributed by atoms with van der Waals surface area (Å²) in [6.45, 7) is 2.91. The van der Waals surface area contributed by atoms with Crippen molar-refractivity contribution in [1.82, 2.24) is 10.2 Å². The van der Waals surface area contributed by atoms with E-state index >= 15 is 0 Å². The largest absolute Gasteiger partial charge is 0.336 e. The first-order valence-corrected chi connectivity index (χ1v) is 8.57. The predicted octanol–water partition coefficient (Wildman–Crippen LogP) is 0.898. The van der Waals surface area contributed by atoms with Gasteiger partial charge in [0.15, 0.2) is 9.84 Å². The van der Waals surface area contributed by atoms with Crippen LogP contribution in [-0.4, -0.2) is 51.7 Å². The number of rotatable bonds is 2. The maximum Gasteiger partial charge on any atom is 0.253 e. The summed E-state index contributed by atoms with van der Waals surface area (Å²) in [4.78, 5) is 14.2. The van der Waals surface area contributed by atoms with Crippen LogP contribution < -0.4 is 5.32 Å². The van der Waals surface area contributed by atoms with Crippen molar-refractivity contribution in [1.29, 1.82) is 0 Å². The quantitative estimate of drug-likeness (QED) is 0.863. The van der Waals surface area contributed by atoms with Gasteiger partial charge in [-0.3, -0.25) is 4.79 Å². The second kappa shape index (κ2) is 5.60. The molecule has 1 fully saturated rings. The van der Waals surface area contributed by atoms with Crippen LogP contribution in [0, 0.1) is 0 Å². The van der Waals surface area contributed by atoms with E-state index in [1.165, 1.54) is 6.07 Å². The summed E-state index contributed by atoms with van der Waals surface area (Å²) < 4.78 is 23.4. The summed E-state index contributed by atoms with van der Waals surface area (Å²) in [5, 5.41) is 3.18. The van der Waals surface area contributed by atoms with E-state index in [1.807, 2.05) is 0 Å². The summed E-state index contributed by atoms with van der Waals surface area (Å²) >= 11 is 3.21. The predicted molar refractivity (Wildman–Crippen MR) is 76.0 cm³/mol. The molecule has 0 radical (unpaired) electrons. The molecule has 1 aromatic rings. The Morgan fingerprint density at radius 2 is 1.95 bits per heavy atom. The molecule has 0 bridgehead atoms. The zero-order valence-electron chi connectivity index (χ0n) is 10.5. The molecule has 1 amide bonds. The minimum absolute atomic E-state index is 0.0674. The van der Waals surface area contributed by atoms with Crippen LogP contribution in [0.2, 0.25) is 0 Å². The highest BCUT2D eigenvalue weighted by Crippen LogP contribution is 2.23. The zero-order chi connectivity index (χ0) is 14.0. The van der Waals surface area contributed by atoms with Gasteiger partial charge in [0, 0.05) is 42.5 Å². The van der Waals surface area contributed by atoms with Crippen molar-refractivity contribution in [3.8, 4) is 0 Å². The van der Waals surface area contributed by atoms with Crippen LogP contribution in [0.4, 0.5) is 0 Å². The number of sulfone groups is 1. The van der Waals surface area contributed by atoms with Crippen molar-refractivity contribution in [2.45, 2.75) is 4.90 Å². The van der Waals surface area contributed by atoms with Crippen LogP contribution in [0.25, 0.3) is 0 Å². The van der Waals surface area contributed by atoms with Gasteiger partial charge in [-0.2, -0.15) is 0 Å². The van der Waals surface area contributed by atoms with Crippen LogP contribution in [-0.2, 0) is 9.84 Å². The van der Waals surface area contributed by atoms with Gasteiger partial charge in [-0.05, 0) is 34.1 Å². The van der Waals surface area contributed by atoms with Crippen molar-refractivity contribution < 1.29 is 13.2 Å². The van der Waals surface area contributed by atoms with Gasteiger partial charge in [-0.1, -0.05) is 0 Å². The van der Waals surface area contributed by atoms with E-state index in [9.17, 15) is 13.2 Å². The number of hydrogen-bond donors (Lipinski definition) is 1. The molecule has 1 saturated heterocycles. The molecule has 0 aliphatic carbocycles. The first-order chi connectivity index (χ1) is 8.89. The van der Waals surface area contributed by atoms with Gasteiger partial charge in [0.05, 0.1) is 4.90 Å². The lowest BCUT2D eigenvalue weighted by Crippen LogP contribution is -2.46. The van der Waals surface area contributed by atoms with Gasteiger partial charge in [0.2, 0.25) is 0 Å². The monoisotopic (exact) mass is 346 g/mol. The Morgan fingerprint density at radius 1 is 1.32 bits per heavy atom. The molecule has 0 spiro atoms. The molecule has 1 heterocycles. The van der Waals surface area contributed by atoms with Crippen molar-refractivity contribution in [2.24, 2.45) is 0 Å². The molecule has 1 aliphatic heterocycles. The minimum Gasteiger partial charge on any atom is -0.336 e. The molecule has 0 aromatic heterocycles. The fraction of sp³-hybridized carbons (Fsp3) is 0.417. The molecule has 7 heteroatoms. The Hall–Kier alpha value is -0.920. The molecular weight excluding hydrogens is 332 g/mol. The Labute approximate surface area is 121 Å². The van der Waals surface area contributed by atoms with Gasteiger partial charge < -0.3 is 10.2 Å². The lowest BCUT2D eigenvalue weighted by molar-refractivity contribution is 0.0735. The van der Waals surface area contributed by atoms with Crippen LogP contribution >= 0.6 is 15.9 Å². The van der Waals surface area contributed by atoms with Crippen molar-refractivity contribution in [2.75, 3.05) is 32.4 Å². The smallest absolute Gasteiger partial charge is 0.253 e. The highest BCUT2D eigenvalue weighted by atomic mass is 79.9. The number of piperazine rings is 1. The Morgan fingerprint density at radius 3 is 2.47 bits per heavy atom. The molecule has 5 nitrogen and oxygen atoms in total. The van der Waals surface area contributed by atoms with Gasteiger partial charge in [-0.25, -0.2) is 8.42 Å². The summed E-state index contributed by atoms with van der Waals surface area (Å²) in [5.41, 5.74) is 0.501. The molecule has 19 heavy (non-hydrogen) atoms. The highest BCUT2D eigenvalue weighted by Gasteiger charge is 2.20. The molecule has 1 N–H and O–H groups in total. The van der Waals surface area contributed by atoms with Crippen LogP contribution in [0.15, 0.2) is 27.6 Å². The normalized spacial score (nSPS) is 16.4. The Balaban J connectivity index is 2.27. The molecule has 1 aromatic carbocycles. The fourth-order valence-electron chi connectivity index (χ4n) is 1.99. The van der Waals surface area contributed by atoms with Gasteiger partial charge in [-0.15, -0.1) is 0 Å². The van der Waals surface area contributed by atoms with E-state index < -0.39 is 9.84 Å². The van der Waals surface area contributed by atoms with E-state index in [4.69, 9.17) is 0 Å². The summed E-state index contributed by atoms with van der Waals surface area (Å²) in [6.07, 6.45) is 1.14. The van der Waals surface area contributed by atoms with Crippen molar-refractivity contribution in [3.63, 3.8) is 0 Å². The number of halogens is 1. The number of nitrogens with zero attached hydrogens (tertiary/aromatic N) is 1. The van der Waals surface area contributed by atoms with E-state index in [-0.39, 0.29) is 10.8 Å². The van der Waals surface area contributed by atoms with Crippen LogP contribution in [0.3, 0.4) is 0 Å². The number of nitrogens with one attached hydrogen (secondary N) is 1. The molecule has 1 aliphatic rings. The molecular formula is C12H15BrN2O3S. The minimum atomic E-state index is -3.28. The topological polar surface area (TPSA) is 66.5 Å². The summed E-state index contributed by atoms with van der Waals surface area (Å²) in [6, 6.07) is 4.60. The Kier molecular flexibility index (Phi) is 4.27. The maximum absolute atomic E-state index is 12.2. The van der Waals surface area contributed by atoms with E-state index in [0.717, 1.165) is 19.3 Å². The standard InChI is InChI=1S/C12H15BrN2O3S/c1-19(17,18)11-3-2-9(8-10(11)13)12(16)15-6-4-14-5-7-15/h2-3,8,14H,4-7H2,1H3. The number of carbonyl (C=O) groups excluding carboxylic acids is 1. The Bertz CT molecular complexity index is 595. The lowest BCUT2D eigenvalue weighted by atomic mass is 10.2. The van der Waals surface area contributed by atoms with Crippen molar-refractivity contribution in [3.05, 3.63) is 28.2 Å². The van der Waals surface area contributed by atoms with Gasteiger partial charge in [0.1, 0.15) is 0 Å². The van der Waals surface area contributed by atoms with Gasteiger partial charge in [0.25, 0.3) is 5.91 Å². The number of hydrogen-bond acceptors (Lipinski definition) is 4. The average Bonchev–Trinajstić information content (AvgIpc) is 2.37. The lowest BCUT2D eigenvalue weighted by Gasteiger charge is -2.27. The van der Waals surface area contributed by atoms with Crippen molar-refractivity contribution >= 4 is 31.7 Å². The molecule has 2 rings (SSSR count). The summed E-state index contributed by atoms with van der Waals surface area (Å²) in [7, 11) is -3.28. The molecule has 0 unspecified atom stereocenters. The first kappa shape index (κ1) is 14.5. The number of carbonyl (C=O) groups is 1. The van der Waals surface area contributed by atoms with E-state index in [2.05, 4.69) is 21.2 Å². The fourth-order valence-corrected chi connectivity index (χ4v) is 3.97. The van der Waals surface area contributed by atoms with Crippen LogP contribution in [0.5, 0.6) is 0 Å². The molecule has 104 valence electrons. The maximum atomic E-state index is 12.2. The third-order valence-electron chi connectivity index (χ3n) is 2.98. The number of benzene rings is 1. The zero-order valence-corrected chi connectivity index (χ0v) is 12.9. The second-order valence-electron chi connectivity index (χ2n) is 4.46. The molecule has 0 atom stereocenters. The summed E-state index contributed by atoms with van der Waals surface area (Å²) in [5.74, 6) is -0.0674. The molecule has 0 saturated carbocycles. The van der Waals surface area contributed by atoms with E-state index in [0.29, 0.717) is 23.1 Å². The third kappa shape index (κ3) is 3.34. The third-order valence-corrected chi connectivity index (χ3v) is 5.06. The SMILES string of the molecule is CS(=O)(=O)c1ccc(C(=O)N2CCNCC2)cc1Br. The number of amides is 1. The average molecular weight is 347 g/mol. The van der Waals surface area contributed by atoms with Crippen LogP contribution in [0.1, 0.15) is 10.4 Å². The first-order valence-electron chi connectivity index (χ1n) is 5.89. The second-order valence-corrected chi connectivity index (χ2v) is 7.30. The van der Waals surface area contributed by atoms with E-state index in [1.54, 1.807) is 17.0 Å².